The second-order valence-corrected chi connectivity index (χ2v) is 5.77. The van der Waals surface area contributed by atoms with E-state index >= 15 is 0 Å². The van der Waals surface area contributed by atoms with Gasteiger partial charge < -0.3 is 0 Å². The Bertz CT molecular complexity index is 556. The molecule has 1 amide bonds. The number of hydrogen-bond acceptors (Lipinski definition) is 2. The van der Waals surface area contributed by atoms with E-state index < -0.39 is 0 Å². The molecular formula is C19H22N2O. The summed E-state index contributed by atoms with van der Waals surface area (Å²) in [6, 6.07) is 20.7. The van der Waals surface area contributed by atoms with Crippen molar-refractivity contribution >= 4 is 5.91 Å². The Hall–Kier alpha value is -2.13. The SMILES string of the molecule is O=C1CCCCN1N(Cc1ccccc1)Cc1ccccc1. The van der Waals surface area contributed by atoms with E-state index in [2.05, 4.69) is 29.3 Å². The van der Waals surface area contributed by atoms with Crippen LogP contribution in [0, 0.1) is 0 Å². The molecule has 0 spiro atoms. The first-order chi connectivity index (χ1) is 10.8. The highest BCUT2D eigenvalue weighted by atomic mass is 16.2. The van der Waals surface area contributed by atoms with Crippen LogP contribution in [0.5, 0.6) is 0 Å². The normalized spacial score (nSPS) is 15.3. The summed E-state index contributed by atoms with van der Waals surface area (Å²) in [5, 5.41) is 4.13. The lowest BCUT2D eigenvalue weighted by molar-refractivity contribution is -0.155. The van der Waals surface area contributed by atoms with Crippen LogP contribution in [0.3, 0.4) is 0 Å². The standard InChI is InChI=1S/C19H22N2O/c22-19-13-7-8-14-21(19)20(15-17-9-3-1-4-10-17)16-18-11-5-2-6-12-18/h1-6,9-12H,7-8,13-16H2. The average Bonchev–Trinajstić information content (AvgIpc) is 2.57. The first kappa shape index (κ1) is 14.8. The summed E-state index contributed by atoms with van der Waals surface area (Å²) >= 11 is 0. The molecule has 0 N–H and O–H groups in total. The minimum Gasteiger partial charge on any atom is -0.275 e. The van der Waals surface area contributed by atoms with E-state index in [1.807, 2.05) is 41.4 Å². The summed E-state index contributed by atoms with van der Waals surface area (Å²) in [7, 11) is 0. The monoisotopic (exact) mass is 294 g/mol. The Morgan fingerprint density at radius 1 is 0.818 bits per heavy atom. The molecule has 0 saturated carbocycles. The zero-order valence-corrected chi connectivity index (χ0v) is 12.8. The third-order valence-electron chi connectivity index (χ3n) is 4.06. The summed E-state index contributed by atoms with van der Waals surface area (Å²) < 4.78 is 0. The van der Waals surface area contributed by atoms with Crippen LogP contribution >= 0.6 is 0 Å². The molecule has 3 rings (SSSR count). The molecule has 114 valence electrons. The summed E-state index contributed by atoms with van der Waals surface area (Å²) in [6.07, 6.45) is 2.77. The van der Waals surface area contributed by atoms with Crippen molar-refractivity contribution in [3.05, 3.63) is 71.8 Å². The molecule has 0 radical (unpaired) electrons. The second-order valence-electron chi connectivity index (χ2n) is 5.77. The smallest absolute Gasteiger partial charge is 0.236 e. The first-order valence-electron chi connectivity index (χ1n) is 7.96. The lowest BCUT2D eigenvalue weighted by Crippen LogP contribution is -2.48. The molecule has 0 aromatic heterocycles. The van der Waals surface area contributed by atoms with Crippen molar-refractivity contribution in [2.75, 3.05) is 6.54 Å². The van der Waals surface area contributed by atoms with E-state index in [0.29, 0.717) is 6.42 Å². The Balaban J connectivity index is 1.79. The number of amides is 1. The Morgan fingerprint density at radius 2 is 1.36 bits per heavy atom. The number of carbonyl (C=O) groups excluding carboxylic acids is 1. The third-order valence-corrected chi connectivity index (χ3v) is 4.06. The lowest BCUT2D eigenvalue weighted by atomic mass is 10.1. The fourth-order valence-electron chi connectivity index (χ4n) is 2.91. The number of rotatable bonds is 5. The minimum absolute atomic E-state index is 0.248. The van der Waals surface area contributed by atoms with Crippen molar-refractivity contribution in [3.8, 4) is 0 Å². The van der Waals surface area contributed by atoms with Gasteiger partial charge in [0.05, 0.1) is 0 Å². The molecule has 1 heterocycles. The largest absolute Gasteiger partial charge is 0.275 e. The van der Waals surface area contributed by atoms with Gasteiger partial charge >= 0.3 is 0 Å². The van der Waals surface area contributed by atoms with Crippen LogP contribution in [0.15, 0.2) is 60.7 Å². The van der Waals surface area contributed by atoms with Gasteiger partial charge in [0, 0.05) is 26.1 Å². The molecule has 0 aliphatic carbocycles. The van der Waals surface area contributed by atoms with E-state index in [-0.39, 0.29) is 5.91 Å². The van der Waals surface area contributed by atoms with Gasteiger partial charge in [-0.2, -0.15) is 0 Å². The molecule has 1 saturated heterocycles. The maximum absolute atomic E-state index is 12.3. The Morgan fingerprint density at radius 3 is 1.86 bits per heavy atom. The maximum Gasteiger partial charge on any atom is 0.236 e. The van der Waals surface area contributed by atoms with Crippen molar-refractivity contribution in [2.45, 2.75) is 32.4 Å². The molecule has 0 bridgehead atoms. The third kappa shape index (κ3) is 3.74. The van der Waals surface area contributed by atoms with Gasteiger partial charge in [-0.3, -0.25) is 9.80 Å². The topological polar surface area (TPSA) is 23.6 Å². The minimum atomic E-state index is 0.248. The van der Waals surface area contributed by atoms with Gasteiger partial charge in [0.1, 0.15) is 0 Å². The van der Waals surface area contributed by atoms with Crippen LogP contribution < -0.4 is 0 Å². The first-order valence-corrected chi connectivity index (χ1v) is 7.96. The number of hydrazine groups is 1. The molecule has 2 aromatic carbocycles. The van der Waals surface area contributed by atoms with Crippen molar-refractivity contribution in [1.29, 1.82) is 0 Å². The Kier molecular flexibility index (Phi) is 4.86. The van der Waals surface area contributed by atoms with Gasteiger partial charge in [-0.05, 0) is 24.0 Å². The quantitative estimate of drug-likeness (QED) is 0.841. The van der Waals surface area contributed by atoms with Gasteiger partial charge in [-0.25, -0.2) is 5.01 Å². The highest BCUT2D eigenvalue weighted by Crippen LogP contribution is 2.18. The predicted molar refractivity (Wildman–Crippen MR) is 87.7 cm³/mol. The second kappa shape index (κ2) is 7.23. The van der Waals surface area contributed by atoms with Crippen LogP contribution in [-0.2, 0) is 17.9 Å². The zero-order valence-electron chi connectivity index (χ0n) is 12.8. The molecule has 1 fully saturated rings. The highest BCUT2D eigenvalue weighted by molar-refractivity contribution is 5.76. The van der Waals surface area contributed by atoms with Gasteiger partial charge in [0.15, 0.2) is 0 Å². The predicted octanol–water partition coefficient (Wildman–Crippen LogP) is 3.62. The van der Waals surface area contributed by atoms with Gasteiger partial charge in [-0.15, -0.1) is 0 Å². The summed E-state index contributed by atoms with van der Waals surface area (Å²) in [4.78, 5) is 12.3. The molecule has 22 heavy (non-hydrogen) atoms. The van der Waals surface area contributed by atoms with E-state index in [4.69, 9.17) is 0 Å². The van der Waals surface area contributed by atoms with Crippen molar-refractivity contribution < 1.29 is 4.79 Å². The van der Waals surface area contributed by atoms with E-state index in [1.54, 1.807) is 0 Å². The van der Waals surface area contributed by atoms with Gasteiger partial charge in [0.25, 0.3) is 0 Å². The summed E-state index contributed by atoms with van der Waals surface area (Å²) in [5.41, 5.74) is 2.47. The lowest BCUT2D eigenvalue weighted by Gasteiger charge is -2.37. The Labute approximate surface area is 132 Å². The van der Waals surface area contributed by atoms with Crippen molar-refractivity contribution in [1.82, 2.24) is 10.0 Å². The van der Waals surface area contributed by atoms with Gasteiger partial charge in [-0.1, -0.05) is 60.7 Å². The van der Waals surface area contributed by atoms with E-state index in [0.717, 1.165) is 32.5 Å². The van der Waals surface area contributed by atoms with Crippen molar-refractivity contribution in [2.24, 2.45) is 0 Å². The number of hydrogen-bond donors (Lipinski definition) is 0. The van der Waals surface area contributed by atoms with E-state index in [9.17, 15) is 4.79 Å². The van der Waals surface area contributed by atoms with Crippen molar-refractivity contribution in [3.63, 3.8) is 0 Å². The molecule has 3 nitrogen and oxygen atoms in total. The van der Waals surface area contributed by atoms with Crippen LogP contribution in [-0.4, -0.2) is 22.5 Å². The van der Waals surface area contributed by atoms with Crippen LogP contribution in [0.2, 0.25) is 0 Å². The molecule has 2 aromatic rings. The van der Waals surface area contributed by atoms with E-state index in [1.165, 1.54) is 11.1 Å². The molecule has 1 aliphatic rings. The molecule has 0 atom stereocenters. The van der Waals surface area contributed by atoms with Crippen LogP contribution in [0.4, 0.5) is 0 Å². The molecule has 0 unspecified atom stereocenters. The number of carbonyl (C=O) groups is 1. The van der Waals surface area contributed by atoms with Gasteiger partial charge in [0.2, 0.25) is 5.91 Å². The fraction of sp³-hybridized carbons (Fsp3) is 0.316. The summed E-state index contributed by atoms with van der Waals surface area (Å²) in [6.45, 7) is 2.36. The van der Waals surface area contributed by atoms with Crippen LogP contribution in [0.25, 0.3) is 0 Å². The number of nitrogens with zero attached hydrogens (tertiary/aromatic N) is 2. The number of piperidine rings is 1. The zero-order chi connectivity index (χ0) is 15.2. The molecule has 3 heteroatoms. The maximum atomic E-state index is 12.3. The number of benzene rings is 2. The molecular weight excluding hydrogens is 272 g/mol. The average molecular weight is 294 g/mol. The summed E-state index contributed by atoms with van der Waals surface area (Å²) in [5.74, 6) is 0.248. The highest BCUT2D eigenvalue weighted by Gasteiger charge is 2.24. The molecule has 1 aliphatic heterocycles. The fourth-order valence-corrected chi connectivity index (χ4v) is 2.91. The van der Waals surface area contributed by atoms with Crippen LogP contribution in [0.1, 0.15) is 30.4 Å².